The number of oxime groups is 1. The van der Waals surface area contributed by atoms with E-state index in [4.69, 9.17) is 32.0 Å². The Labute approximate surface area is 109 Å². The average Bonchev–Trinajstić information content (AvgIpc) is 2.28. The maximum Gasteiger partial charge on any atom is 0.255 e. The van der Waals surface area contributed by atoms with E-state index in [9.17, 15) is 4.79 Å². The summed E-state index contributed by atoms with van der Waals surface area (Å²) in [5, 5.41) is 11.6. The number of hydrogen-bond acceptors (Lipinski definition) is 5. The Morgan fingerprint density at radius 3 is 2.83 bits per heavy atom. The minimum Gasteiger partial charge on any atom is -0.490 e. The van der Waals surface area contributed by atoms with Gasteiger partial charge >= 0.3 is 0 Å². The summed E-state index contributed by atoms with van der Waals surface area (Å²) in [7, 11) is 0. The second kappa shape index (κ2) is 6.70. The van der Waals surface area contributed by atoms with Crippen LogP contribution in [0.1, 0.15) is 12.5 Å². The third kappa shape index (κ3) is 3.81. The summed E-state index contributed by atoms with van der Waals surface area (Å²) in [6, 6.07) is 3.09. The van der Waals surface area contributed by atoms with E-state index in [2.05, 4.69) is 5.16 Å². The minimum atomic E-state index is -0.616. The Bertz CT molecular complexity index is 463. The summed E-state index contributed by atoms with van der Waals surface area (Å²) in [4.78, 5) is 10.7. The number of amides is 1. The molecule has 0 fully saturated rings. The summed E-state index contributed by atoms with van der Waals surface area (Å²) >= 11 is 5.99. The molecule has 7 heteroatoms. The number of carbonyl (C=O) groups excluding carboxylic acids is 1. The molecule has 1 aromatic rings. The van der Waals surface area contributed by atoms with Crippen LogP contribution in [0.2, 0.25) is 5.02 Å². The van der Waals surface area contributed by atoms with Crippen molar-refractivity contribution in [1.29, 1.82) is 0 Å². The highest BCUT2D eigenvalue weighted by Crippen LogP contribution is 2.36. The zero-order valence-corrected chi connectivity index (χ0v) is 10.5. The number of halogens is 1. The number of nitrogens with zero attached hydrogens (tertiary/aromatic N) is 1. The zero-order chi connectivity index (χ0) is 13.5. The second-order valence-corrected chi connectivity index (χ2v) is 3.67. The lowest BCUT2D eigenvalue weighted by Gasteiger charge is -2.13. The molecule has 1 aromatic carbocycles. The SMILES string of the molecule is CCOc1cc(/C=N\O)cc(Cl)c1OCC(N)=O. The fourth-order valence-corrected chi connectivity index (χ4v) is 1.55. The fourth-order valence-electron chi connectivity index (χ4n) is 1.28. The van der Waals surface area contributed by atoms with Crippen LogP contribution >= 0.6 is 11.6 Å². The zero-order valence-electron chi connectivity index (χ0n) is 9.72. The molecule has 0 aliphatic heterocycles. The summed E-state index contributed by atoms with van der Waals surface area (Å²) in [6.07, 6.45) is 1.20. The molecule has 0 spiro atoms. The van der Waals surface area contributed by atoms with E-state index in [0.29, 0.717) is 17.9 Å². The van der Waals surface area contributed by atoms with E-state index in [1.807, 2.05) is 0 Å². The fraction of sp³-hybridized carbons (Fsp3) is 0.273. The normalized spacial score (nSPS) is 10.6. The number of carbonyl (C=O) groups is 1. The van der Waals surface area contributed by atoms with E-state index < -0.39 is 5.91 Å². The number of benzene rings is 1. The van der Waals surface area contributed by atoms with Gasteiger partial charge in [0.25, 0.3) is 5.91 Å². The molecule has 6 nitrogen and oxygen atoms in total. The topological polar surface area (TPSA) is 94.1 Å². The van der Waals surface area contributed by atoms with Gasteiger partial charge in [0.05, 0.1) is 17.8 Å². The molecule has 0 atom stereocenters. The predicted molar refractivity (Wildman–Crippen MR) is 66.7 cm³/mol. The van der Waals surface area contributed by atoms with Crippen LogP contribution in [-0.2, 0) is 4.79 Å². The molecule has 0 aliphatic rings. The molecule has 0 saturated heterocycles. The van der Waals surface area contributed by atoms with Gasteiger partial charge in [-0.1, -0.05) is 16.8 Å². The third-order valence-corrected chi connectivity index (χ3v) is 2.18. The van der Waals surface area contributed by atoms with E-state index in [-0.39, 0.29) is 17.4 Å². The molecule has 98 valence electrons. The Balaban J connectivity index is 3.09. The molecular weight excluding hydrogens is 260 g/mol. The van der Waals surface area contributed by atoms with Crippen LogP contribution in [-0.4, -0.2) is 30.5 Å². The van der Waals surface area contributed by atoms with E-state index in [1.165, 1.54) is 12.3 Å². The molecular formula is C11H13ClN2O4. The predicted octanol–water partition coefficient (Wildman–Crippen LogP) is 1.41. The first-order valence-electron chi connectivity index (χ1n) is 5.13. The Morgan fingerprint density at radius 2 is 2.28 bits per heavy atom. The van der Waals surface area contributed by atoms with Crippen LogP contribution < -0.4 is 15.2 Å². The maximum atomic E-state index is 10.7. The van der Waals surface area contributed by atoms with Gasteiger partial charge in [0.15, 0.2) is 18.1 Å². The van der Waals surface area contributed by atoms with Crippen molar-refractivity contribution < 1.29 is 19.5 Å². The largest absolute Gasteiger partial charge is 0.490 e. The highest BCUT2D eigenvalue weighted by atomic mass is 35.5. The summed E-state index contributed by atoms with van der Waals surface area (Å²) in [6.45, 7) is 1.88. The average molecular weight is 273 g/mol. The first-order valence-corrected chi connectivity index (χ1v) is 5.51. The van der Waals surface area contributed by atoms with Gasteiger partial charge in [-0.3, -0.25) is 4.79 Å². The minimum absolute atomic E-state index is 0.229. The number of rotatable bonds is 6. The molecule has 0 unspecified atom stereocenters. The molecule has 0 aromatic heterocycles. The number of ether oxygens (including phenoxy) is 2. The Hall–Kier alpha value is -1.95. The molecule has 3 N–H and O–H groups in total. The standard InChI is InChI=1S/C11H13ClN2O4/c1-2-17-9-4-7(5-14-16)3-8(12)11(9)18-6-10(13)15/h3-5,16H,2,6H2,1H3,(H2,13,15)/b14-5-. The molecule has 1 rings (SSSR count). The van der Waals surface area contributed by atoms with Crippen molar-refractivity contribution in [3.05, 3.63) is 22.7 Å². The van der Waals surface area contributed by atoms with Crippen molar-refractivity contribution in [3.63, 3.8) is 0 Å². The van der Waals surface area contributed by atoms with Gasteiger partial charge in [-0.25, -0.2) is 0 Å². The van der Waals surface area contributed by atoms with Crippen LogP contribution in [0.15, 0.2) is 17.3 Å². The van der Waals surface area contributed by atoms with Gasteiger partial charge in [0.1, 0.15) is 0 Å². The van der Waals surface area contributed by atoms with E-state index in [1.54, 1.807) is 13.0 Å². The second-order valence-electron chi connectivity index (χ2n) is 3.26. The van der Waals surface area contributed by atoms with Crippen LogP contribution in [0.5, 0.6) is 11.5 Å². The molecule has 1 amide bonds. The summed E-state index contributed by atoms with van der Waals surface area (Å²) < 4.78 is 10.5. The van der Waals surface area contributed by atoms with Crippen molar-refractivity contribution in [2.45, 2.75) is 6.92 Å². The first-order chi connectivity index (χ1) is 8.58. The van der Waals surface area contributed by atoms with Crippen LogP contribution in [0.3, 0.4) is 0 Å². The van der Waals surface area contributed by atoms with Crippen LogP contribution in [0.25, 0.3) is 0 Å². The molecule has 0 heterocycles. The van der Waals surface area contributed by atoms with Gasteiger partial charge in [-0.2, -0.15) is 0 Å². The molecule has 0 bridgehead atoms. The highest BCUT2D eigenvalue weighted by molar-refractivity contribution is 6.32. The quantitative estimate of drug-likeness (QED) is 0.465. The molecule has 0 radical (unpaired) electrons. The summed E-state index contributed by atoms with van der Waals surface area (Å²) in [5.74, 6) is -0.0388. The number of nitrogens with two attached hydrogens (primary N) is 1. The lowest BCUT2D eigenvalue weighted by molar-refractivity contribution is -0.119. The molecule has 0 aliphatic carbocycles. The van der Waals surface area contributed by atoms with Crippen molar-refractivity contribution in [3.8, 4) is 11.5 Å². The van der Waals surface area contributed by atoms with Crippen molar-refractivity contribution in [2.75, 3.05) is 13.2 Å². The van der Waals surface area contributed by atoms with Gasteiger partial charge in [0, 0.05) is 5.56 Å². The number of hydrogen-bond donors (Lipinski definition) is 2. The van der Waals surface area contributed by atoms with Gasteiger partial charge in [-0.15, -0.1) is 0 Å². The van der Waals surface area contributed by atoms with Gasteiger partial charge in [-0.05, 0) is 19.1 Å². The lowest BCUT2D eigenvalue weighted by Crippen LogP contribution is -2.20. The molecule has 18 heavy (non-hydrogen) atoms. The lowest BCUT2D eigenvalue weighted by atomic mass is 10.2. The van der Waals surface area contributed by atoms with E-state index in [0.717, 1.165) is 0 Å². The maximum absolute atomic E-state index is 10.7. The number of primary amides is 1. The Morgan fingerprint density at radius 1 is 1.56 bits per heavy atom. The van der Waals surface area contributed by atoms with Crippen molar-refractivity contribution in [1.82, 2.24) is 0 Å². The van der Waals surface area contributed by atoms with Crippen molar-refractivity contribution >= 4 is 23.7 Å². The first kappa shape index (κ1) is 14.1. The summed E-state index contributed by atoms with van der Waals surface area (Å²) in [5.41, 5.74) is 5.53. The third-order valence-electron chi connectivity index (χ3n) is 1.90. The van der Waals surface area contributed by atoms with E-state index >= 15 is 0 Å². The van der Waals surface area contributed by atoms with Crippen LogP contribution in [0.4, 0.5) is 0 Å². The smallest absolute Gasteiger partial charge is 0.255 e. The highest BCUT2D eigenvalue weighted by Gasteiger charge is 2.13. The van der Waals surface area contributed by atoms with Crippen LogP contribution in [0, 0.1) is 0 Å². The Kier molecular flexibility index (Phi) is 5.26. The van der Waals surface area contributed by atoms with Gasteiger partial charge in [0.2, 0.25) is 0 Å². The van der Waals surface area contributed by atoms with Crippen molar-refractivity contribution in [2.24, 2.45) is 10.9 Å². The van der Waals surface area contributed by atoms with Gasteiger partial charge < -0.3 is 20.4 Å². The molecule has 0 saturated carbocycles. The monoisotopic (exact) mass is 272 g/mol.